The number of hydrogen-bond acceptors (Lipinski definition) is 5. The van der Waals surface area contributed by atoms with Crippen LogP contribution in [-0.4, -0.2) is 30.1 Å². The third kappa shape index (κ3) is 4.70. The fraction of sp³-hybridized carbons (Fsp3) is 0.136. The fourth-order valence-electron chi connectivity index (χ4n) is 2.76. The topological polar surface area (TPSA) is 67.9 Å². The molecule has 1 N–H and O–H groups in total. The number of halogens is 1. The minimum atomic E-state index is -0.559. The second-order valence-electron chi connectivity index (χ2n) is 6.07. The number of amides is 2. The Bertz CT molecular complexity index is 1070. The molecule has 8 heteroatoms. The molecular formula is C22H17BrN2O4S. The average molecular weight is 485 g/mol. The summed E-state index contributed by atoms with van der Waals surface area (Å²) < 4.78 is 11.5. The summed E-state index contributed by atoms with van der Waals surface area (Å²) in [5.41, 5.74) is 1.12. The first-order valence-corrected chi connectivity index (χ1v) is 10.1. The highest BCUT2D eigenvalue weighted by atomic mass is 79.9. The van der Waals surface area contributed by atoms with Crippen LogP contribution in [0.5, 0.6) is 11.5 Å². The van der Waals surface area contributed by atoms with Crippen molar-refractivity contribution in [3.8, 4) is 23.8 Å². The zero-order chi connectivity index (χ0) is 21.7. The fourth-order valence-corrected chi connectivity index (χ4v) is 3.55. The van der Waals surface area contributed by atoms with Crippen LogP contribution in [0.25, 0.3) is 6.08 Å². The lowest BCUT2D eigenvalue weighted by molar-refractivity contribution is -0.122. The highest BCUT2D eigenvalue weighted by Gasteiger charge is 2.34. The number of nitrogens with one attached hydrogen (secondary N) is 1. The van der Waals surface area contributed by atoms with E-state index in [4.69, 9.17) is 28.1 Å². The molecule has 0 saturated carbocycles. The average Bonchev–Trinajstić information content (AvgIpc) is 2.72. The van der Waals surface area contributed by atoms with Crippen molar-refractivity contribution < 1.29 is 19.1 Å². The van der Waals surface area contributed by atoms with Crippen LogP contribution in [0.4, 0.5) is 5.69 Å². The maximum Gasteiger partial charge on any atom is 0.270 e. The molecule has 0 radical (unpaired) electrons. The molecule has 6 nitrogen and oxygen atoms in total. The Hall–Kier alpha value is -3.15. The molecule has 1 fully saturated rings. The largest absolute Gasteiger partial charge is 0.494 e. The molecule has 1 aliphatic rings. The van der Waals surface area contributed by atoms with Crippen molar-refractivity contribution in [2.75, 3.05) is 18.1 Å². The number of terminal acetylenes is 1. The summed E-state index contributed by atoms with van der Waals surface area (Å²) in [5.74, 6) is 2.55. The molecule has 0 bridgehead atoms. The highest BCUT2D eigenvalue weighted by molar-refractivity contribution is 9.10. The number of carbonyl (C=O) groups is 2. The van der Waals surface area contributed by atoms with E-state index >= 15 is 0 Å². The number of benzene rings is 2. The van der Waals surface area contributed by atoms with Crippen molar-refractivity contribution >= 4 is 56.8 Å². The normalized spacial score (nSPS) is 15.0. The molecule has 3 rings (SSSR count). The van der Waals surface area contributed by atoms with E-state index < -0.39 is 11.8 Å². The minimum Gasteiger partial charge on any atom is -0.494 e. The van der Waals surface area contributed by atoms with Gasteiger partial charge in [-0.15, -0.1) is 6.42 Å². The van der Waals surface area contributed by atoms with Crippen LogP contribution in [0.2, 0.25) is 0 Å². The predicted molar refractivity (Wildman–Crippen MR) is 122 cm³/mol. The van der Waals surface area contributed by atoms with Gasteiger partial charge in [0, 0.05) is 0 Å². The van der Waals surface area contributed by atoms with Crippen LogP contribution >= 0.6 is 28.1 Å². The Kier molecular flexibility index (Phi) is 6.87. The van der Waals surface area contributed by atoms with E-state index in [0.717, 1.165) is 0 Å². The van der Waals surface area contributed by atoms with Gasteiger partial charge in [-0.2, -0.15) is 0 Å². The molecule has 0 unspecified atom stereocenters. The van der Waals surface area contributed by atoms with Gasteiger partial charge in [0.1, 0.15) is 23.7 Å². The smallest absolute Gasteiger partial charge is 0.270 e. The molecule has 0 spiro atoms. The Morgan fingerprint density at radius 1 is 1.20 bits per heavy atom. The summed E-state index contributed by atoms with van der Waals surface area (Å²) >= 11 is 8.62. The van der Waals surface area contributed by atoms with Crippen LogP contribution in [0.3, 0.4) is 0 Å². The van der Waals surface area contributed by atoms with E-state index in [1.54, 1.807) is 42.5 Å². The standard InChI is InChI=1S/C22H17BrN2O4S/c1-3-11-29-19-10-5-14(13-18(19)23)12-17-20(26)24-22(30)25(21(17)27)15-6-8-16(9-7-15)28-4-2/h1,5-10,12-13H,4,11H2,2H3,(H,24,26,30)/b17-12-. The molecule has 30 heavy (non-hydrogen) atoms. The third-order valence-electron chi connectivity index (χ3n) is 4.09. The van der Waals surface area contributed by atoms with Crippen molar-refractivity contribution in [3.05, 3.63) is 58.1 Å². The van der Waals surface area contributed by atoms with Crippen LogP contribution in [-0.2, 0) is 9.59 Å². The van der Waals surface area contributed by atoms with Crippen LogP contribution in [0.15, 0.2) is 52.5 Å². The molecule has 1 aliphatic heterocycles. The van der Waals surface area contributed by atoms with Crippen molar-refractivity contribution in [1.82, 2.24) is 5.32 Å². The van der Waals surface area contributed by atoms with Crippen LogP contribution < -0.4 is 19.7 Å². The Morgan fingerprint density at radius 2 is 1.93 bits per heavy atom. The van der Waals surface area contributed by atoms with Gasteiger partial charge in [-0.3, -0.25) is 19.8 Å². The van der Waals surface area contributed by atoms with Gasteiger partial charge in [0.05, 0.1) is 16.8 Å². The summed E-state index contributed by atoms with van der Waals surface area (Å²) in [5, 5.41) is 2.58. The van der Waals surface area contributed by atoms with Crippen LogP contribution in [0, 0.1) is 12.3 Å². The first kappa shape index (κ1) is 21.6. The van der Waals surface area contributed by atoms with Gasteiger partial charge in [-0.1, -0.05) is 12.0 Å². The minimum absolute atomic E-state index is 0.0190. The molecule has 2 aromatic carbocycles. The Balaban J connectivity index is 1.90. The van der Waals surface area contributed by atoms with Crippen molar-refractivity contribution in [2.45, 2.75) is 6.92 Å². The number of thiocarbonyl (C=S) groups is 1. The summed E-state index contributed by atoms with van der Waals surface area (Å²) in [6, 6.07) is 12.0. The van der Waals surface area contributed by atoms with E-state index in [9.17, 15) is 9.59 Å². The van der Waals surface area contributed by atoms with Crippen molar-refractivity contribution in [2.24, 2.45) is 0 Å². The molecular weight excluding hydrogens is 468 g/mol. The summed E-state index contributed by atoms with van der Waals surface area (Å²) in [6.45, 7) is 2.55. The summed E-state index contributed by atoms with van der Waals surface area (Å²) in [6.07, 6.45) is 6.70. The summed E-state index contributed by atoms with van der Waals surface area (Å²) in [7, 11) is 0. The number of hydrogen-bond donors (Lipinski definition) is 1. The van der Waals surface area contributed by atoms with Gasteiger partial charge in [0.15, 0.2) is 5.11 Å². The first-order chi connectivity index (χ1) is 14.4. The third-order valence-corrected chi connectivity index (χ3v) is 4.99. The SMILES string of the molecule is C#CCOc1ccc(/C=C2/C(=O)NC(=S)N(c3ccc(OCC)cc3)C2=O)cc1Br. The van der Waals surface area contributed by atoms with Gasteiger partial charge < -0.3 is 9.47 Å². The molecule has 2 amide bonds. The van der Waals surface area contributed by atoms with E-state index in [1.165, 1.54) is 11.0 Å². The predicted octanol–water partition coefficient (Wildman–Crippen LogP) is 3.69. The van der Waals surface area contributed by atoms with Gasteiger partial charge in [-0.25, -0.2) is 0 Å². The lowest BCUT2D eigenvalue weighted by Crippen LogP contribution is -2.54. The second-order valence-corrected chi connectivity index (χ2v) is 7.31. The van der Waals surface area contributed by atoms with Gasteiger partial charge in [-0.05, 0) is 83.1 Å². The molecule has 0 aliphatic carbocycles. The first-order valence-electron chi connectivity index (χ1n) is 8.94. The van der Waals surface area contributed by atoms with Gasteiger partial charge >= 0.3 is 0 Å². The second kappa shape index (κ2) is 9.57. The maximum atomic E-state index is 13.1. The number of nitrogens with zero attached hydrogens (tertiary/aromatic N) is 1. The zero-order valence-corrected chi connectivity index (χ0v) is 18.4. The summed E-state index contributed by atoms with van der Waals surface area (Å²) in [4.78, 5) is 26.8. The van der Waals surface area contributed by atoms with E-state index in [-0.39, 0.29) is 17.3 Å². The molecule has 1 heterocycles. The number of carbonyl (C=O) groups excluding carboxylic acids is 2. The van der Waals surface area contributed by atoms with E-state index in [1.807, 2.05) is 6.92 Å². The van der Waals surface area contributed by atoms with Crippen molar-refractivity contribution in [1.29, 1.82) is 0 Å². The van der Waals surface area contributed by atoms with Gasteiger partial charge in [0.2, 0.25) is 0 Å². The van der Waals surface area contributed by atoms with E-state index in [2.05, 4.69) is 27.2 Å². The maximum absolute atomic E-state index is 13.1. The zero-order valence-electron chi connectivity index (χ0n) is 16.0. The molecule has 0 aromatic heterocycles. The van der Waals surface area contributed by atoms with Crippen molar-refractivity contribution in [3.63, 3.8) is 0 Å². The lowest BCUT2D eigenvalue weighted by Gasteiger charge is -2.29. The monoisotopic (exact) mass is 484 g/mol. The molecule has 1 saturated heterocycles. The van der Waals surface area contributed by atoms with Crippen LogP contribution in [0.1, 0.15) is 12.5 Å². The number of ether oxygens (including phenoxy) is 2. The highest BCUT2D eigenvalue weighted by Crippen LogP contribution is 2.28. The number of anilines is 1. The molecule has 152 valence electrons. The molecule has 0 atom stereocenters. The lowest BCUT2D eigenvalue weighted by atomic mass is 10.1. The quantitative estimate of drug-likeness (QED) is 0.293. The number of rotatable bonds is 6. The Morgan fingerprint density at radius 3 is 2.57 bits per heavy atom. The Labute approximate surface area is 188 Å². The van der Waals surface area contributed by atoms with E-state index in [0.29, 0.717) is 33.8 Å². The molecule has 2 aromatic rings. The van der Waals surface area contributed by atoms with Gasteiger partial charge in [0.25, 0.3) is 11.8 Å².